The third-order valence-corrected chi connectivity index (χ3v) is 3.76. The van der Waals surface area contributed by atoms with E-state index < -0.39 is 16.8 Å². The molecule has 0 saturated heterocycles. The number of carboxylic acid groups (broad SMARTS) is 1. The molecule has 0 heterocycles. The highest BCUT2D eigenvalue weighted by Crippen LogP contribution is 2.30. The van der Waals surface area contributed by atoms with Crippen molar-refractivity contribution in [1.82, 2.24) is 0 Å². The van der Waals surface area contributed by atoms with Crippen molar-refractivity contribution in [3.63, 3.8) is 0 Å². The van der Waals surface area contributed by atoms with E-state index in [9.17, 15) is 20.0 Å². The first kappa shape index (κ1) is 16.5. The minimum Gasteiger partial charge on any atom is -0.497 e. The summed E-state index contributed by atoms with van der Waals surface area (Å²) in [6.07, 6.45) is 0.0552. The molecule has 0 fully saturated rings. The molecular formula is C17H17NO5. The van der Waals surface area contributed by atoms with Gasteiger partial charge in [-0.2, -0.15) is 0 Å². The van der Waals surface area contributed by atoms with Crippen molar-refractivity contribution in [2.24, 2.45) is 0 Å². The molecule has 1 atom stereocenters. The maximum atomic E-state index is 11.7. The molecule has 0 aliphatic rings. The predicted octanol–water partition coefficient (Wildman–Crippen LogP) is 3.32. The van der Waals surface area contributed by atoms with E-state index in [1.807, 2.05) is 0 Å². The number of rotatable bonds is 6. The van der Waals surface area contributed by atoms with Crippen LogP contribution in [0.5, 0.6) is 5.75 Å². The van der Waals surface area contributed by atoms with E-state index >= 15 is 0 Å². The van der Waals surface area contributed by atoms with Crippen molar-refractivity contribution in [2.75, 3.05) is 7.11 Å². The lowest BCUT2D eigenvalue weighted by Crippen LogP contribution is -2.16. The molecule has 0 aliphatic carbocycles. The Kier molecular flexibility index (Phi) is 4.95. The summed E-state index contributed by atoms with van der Waals surface area (Å²) < 4.78 is 5.12. The second-order valence-corrected chi connectivity index (χ2v) is 5.20. The standard InChI is InChI=1S/C17H17NO5/c1-11-9-13(23-2)7-8-14(11)15(17(19)20)10-12-5-3-4-6-16(12)18(21)22/h3-9,15H,10H2,1-2H3,(H,19,20). The van der Waals surface area contributed by atoms with Crippen LogP contribution in [0.1, 0.15) is 22.6 Å². The summed E-state index contributed by atoms with van der Waals surface area (Å²) in [7, 11) is 1.54. The summed E-state index contributed by atoms with van der Waals surface area (Å²) in [6, 6.07) is 11.4. The Hall–Kier alpha value is -2.89. The highest BCUT2D eigenvalue weighted by molar-refractivity contribution is 5.77. The molecule has 2 rings (SSSR count). The van der Waals surface area contributed by atoms with E-state index in [4.69, 9.17) is 4.74 Å². The molecule has 2 aromatic rings. The zero-order valence-electron chi connectivity index (χ0n) is 12.9. The molecular weight excluding hydrogens is 298 g/mol. The van der Waals surface area contributed by atoms with Gasteiger partial charge in [0.2, 0.25) is 0 Å². The minimum absolute atomic E-state index is 0.0552. The van der Waals surface area contributed by atoms with Gasteiger partial charge < -0.3 is 9.84 Å². The van der Waals surface area contributed by atoms with Crippen molar-refractivity contribution in [2.45, 2.75) is 19.3 Å². The lowest BCUT2D eigenvalue weighted by Gasteiger charge is -2.16. The molecule has 120 valence electrons. The van der Waals surface area contributed by atoms with Gasteiger partial charge in [0.05, 0.1) is 18.0 Å². The first-order valence-corrected chi connectivity index (χ1v) is 7.03. The zero-order chi connectivity index (χ0) is 17.0. The summed E-state index contributed by atoms with van der Waals surface area (Å²) in [4.78, 5) is 22.3. The SMILES string of the molecule is COc1ccc(C(Cc2ccccc2[N+](=O)[O-])C(=O)O)c(C)c1. The Labute approximate surface area is 133 Å². The van der Waals surface area contributed by atoms with Crippen LogP contribution in [0.15, 0.2) is 42.5 Å². The topological polar surface area (TPSA) is 89.7 Å². The molecule has 0 amide bonds. The summed E-state index contributed by atoms with van der Waals surface area (Å²) in [5.74, 6) is -1.24. The first-order chi connectivity index (χ1) is 10.9. The van der Waals surface area contributed by atoms with Gasteiger partial charge in [0, 0.05) is 11.6 Å². The molecule has 0 bridgehead atoms. The Balaban J connectivity index is 2.41. The zero-order valence-corrected chi connectivity index (χ0v) is 12.9. The molecule has 0 saturated carbocycles. The van der Waals surface area contributed by atoms with Crippen LogP contribution in [0.3, 0.4) is 0 Å². The van der Waals surface area contributed by atoms with E-state index in [1.54, 1.807) is 43.3 Å². The molecule has 0 spiro atoms. The van der Waals surface area contributed by atoms with Crippen molar-refractivity contribution in [1.29, 1.82) is 0 Å². The number of aliphatic carboxylic acids is 1. The normalized spacial score (nSPS) is 11.7. The van der Waals surface area contributed by atoms with E-state index in [2.05, 4.69) is 0 Å². The van der Waals surface area contributed by atoms with E-state index in [0.717, 1.165) is 5.56 Å². The highest BCUT2D eigenvalue weighted by atomic mass is 16.6. The molecule has 0 aliphatic heterocycles. The van der Waals surface area contributed by atoms with Gasteiger partial charge in [0.25, 0.3) is 5.69 Å². The smallest absolute Gasteiger partial charge is 0.311 e. The fourth-order valence-corrected chi connectivity index (χ4v) is 2.58. The van der Waals surface area contributed by atoms with Gasteiger partial charge in [-0.15, -0.1) is 0 Å². The molecule has 23 heavy (non-hydrogen) atoms. The minimum atomic E-state index is -1.02. The maximum absolute atomic E-state index is 11.7. The third-order valence-electron chi connectivity index (χ3n) is 3.76. The van der Waals surface area contributed by atoms with Gasteiger partial charge in [0.15, 0.2) is 0 Å². The summed E-state index contributed by atoms with van der Waals surface area (Å²) in [5.41, 5.74) is 1.73. The van der Waals surface area contributed by atoms with Gasteiger partial charge in [-0.3, -0.25) is 14.9 Å². The van der Waals surface area contributed by atoms with Crippen LogP contribution in [0, 0.1) is 17.0 Å². The second-order valence-electron chi connectivity index (χ2n) is 5.20. The average Bonchev–Trinajstić information content (AvgIpc) is 2.52. The molecule has 1 N–H and O–H groups in total. The van der Waals surface area contributed by atoms with Gasteiger partial charge >= 0.3 is 5.97 Å². The van der Waals surface area contributed by atoms with Gasteiger partial charge in [-0.05, 0) is 36.6 Å². The molecule has 2 aromatic carbocycles. The van der Waals surface area contributed by atoms with Crippen LogP contribution in [-0.2, 0) is 11.2 Å². The number of hydrogen-bond acceptors (Lipinski definition) is 4. The Morgan fingerprint density at radius 2 is 2.00 bits per heavy atom. The average molecular weight is 315 g/mol. The number of ether oxygens (including phenoxy) is 1. The van der Waals surface area contributed by atoms with Crippen LogP contribution in [0.2, 0.25) is 0 Å². The van der Waals surface area contributed by atoms with Crippen molar-refractivity contribution < 1.29 is 19.6 Å². The van der Waals surface area contributed by atoms with Crippen LogP contribution in [0.25, 0.3) is 0 Å². The highest BCUT2D eigenvalue weighted by Gasteiger charge is 2.25. The largest absolute Gasteiger partial charge is 0.497 e. The summed E-state index contributed by atoms with van der Waals surface area (Å²) >= 11 is 0. The molecule has 0 aromatic heterocycles. The molecule has 0 radical (unpaired) electrons. The Morgan fingerprint density at radius 3 is 2.57 bits per heavy atom. The number of nitrogens with zero attached hydrogens (tertiary/aromatic N) is 1. The monoisotopic (exact) mass is 315 g/mol. The van der Waals surface area contributed by atoms with E-state index in [0.29, 0.717) is 16.9 Å². The number of benzene rings is 2. The number of aryl methyl sites for hydroxylation is 1. The van der Waals surface area contributed by atoms with Gasteiger partial charge in [-0.1, -0.05) is 24.3 Å². The Morgan fingerprint density at radius 1 is 1.30 bits per heavy atom. The maximum Gasteiger partial charge on any atom is 0.311 e. The number of methoxy groups -OCH3 is 1. The van der Waals surface area contributed by atoms with Crippen LogP contribution < -0.4 is 4.74 Å². The quantitative estimate of drug-likeness (QED) is 0.652. The Bertz CT molecular complexity index is 742. The van der Waals surface area contributed by atoms with E-state index in [1.165, 1.54) is 13.2 Å². The number of nitro groups is 1. The second kappa shape index (κ2) is 6.91. The van der Waals surface area contributed by atoms with Gasteiger partial charge in [0.1, 0.15) is 5.75 Å². The number of nitro benzene ring substituents is 1. The summed E-state index contributed by atoms with van der Waals surface area (Å²) in [6.45, 7) is 1.80. The fraction of sp³-hybridized carbons (Fsp3) is 0.235. The van der Waals surface area contributed by atoms with Crippen molar-refractivity contribution in [3.05, 3.63) is 69.3 Å². The van der Waals surface area contributed by atoms with Crippen molar-refractivity contribution >= 4 is 11.7 Å². The van der Waals surface area contributed by atoms with Gasteiger partial charge in [-0.25, -0.2) is 0 Å². The predicted molar refractivity (Wildman–Crippen MR) is 84.9 cm³/mol. The molecule has 1 unspecified atom stereocenters. The molecule has 6 nitrogen and oxygen atoms in total. The fourth-order valence-electron chi connectivity index (χ4n) is 2.58. The third kappa shape index (κ3) is 3.66. The number of para-hydroxylation sites is 1. The van der Waals surface area contributed by atoms with Crippen molar-refractivity contribution in [3.8, 4) is 5.75 Å². The van der Waals surface area contributed by atoms with E-state index in [-0.39, 0.29) is 12.1 Å². The lowest BCUT2D eigenvalue weighted by molar-refractivity contribution is -0.385. The van der Waals surface area contributed by atoms with Crippen LogP contribution in [-0.4, -0.2) is 23.1 Å². The number of carboxylic acids is 1. The first-order valence-electron chi connectivity index (χ1n) is 7.03. The van der Waals surface area contributed by atoms with Crippen LogP contribution in [0.4, 0.5) is 5.69 Å². The summed E-state index contributed by atoms with van der Waals surface area (Å²) in [5, 5.41) is 20.7. The number of hydrogen-bond donors (Lipinski definition) is 1. The lowest BCUT2D eigenvalue weighted by atomic mass is 9.88. The number of carbonyl (C=O) groups is 1. The van der Waals surface area contributed by atoms with Crippen LogP contribution >= 0.6 is 0 Å². The molecule has 6 heteroatoms.